The lowest BCUT2D eigenvalue weighted by molar-refractivity contribution is -0.0498. The number of benzene rings is 1. The second-order valence-corrected chi connectivity index (χ2v) is 8.31. The van der Waals surface area contributed by atoms with Crippen molar-refractivity contribution in [2.75, 3.05) is 31.9 Å². The zero-order valence-corrected chi connectivity index (χ0v) is 15.4. The fraction of sp³-hybridized carbons (Fsp3) is 0.647. The molecule has 8 heteroatoms. The van der Waals surface area contributed by atoms with Gasteiger partial charge in [0.15, 0.2) is 0 Å². The van der Waals surface area contributed by atoms with Crippen LogP contribution in [0.3, 0.4) is 0 Å². The molecule has 1 aromatic carbocycles. The van der Waals surface area contributed by atoms with Crippen molar-refractivity contribution in [3.05, 3.63) is 29.8 Å². The Hall–Kier alpha value is -1.25. The van der Waals surface area contributed by atoms with Gasteiger partial charge < -0.3 is 4.74 Å². The minimum Gasteiger partial charge on any atom is -0.435 e. The maximum Gasteiger partial charge on any atom is 0.387 e. The van der Waals surface area contributed by atoms with E-state index in [2.05, 4.69) is 16.6 Å². The molecule has 0 aliphatic carbocycles. The van der Waals surface area contributed by atoms with Gasteiger partial charge in [-0.3, -0.25) is 4.90 Å². The molecule has 0 aromatic heterocycles. The Labute approximate surface area is 148 Å². The van der Waals surface area contributed by atoms with E-state index in [0.29, 0.717) is 39.1 Å². The Balaban J connectivity index is 1.80. The number of nitrogens with zero attached hydrogens (tertiary/aromatic N) is 2. The summed E-state index contributed by atoms with van der Waals surface area (Å²) in [5, 5.41) is 0. The monoisotopic (exact) mass is 376 g/mol. The first kappa shape index (κ1) is 20.1. The molecular formula is C17H26F2N2O3S. The highest BCUT2D eigenvalue weighted by atomic mass is 32.2. The Kier molecular flexibility index (Phi) is 7.58. The van der Waals surface area contributed by atoms with Crippen LogP contribution in [-0.4, -0.2) is 56.2 Å². The molecule has 0 radical (unpaired) electrons. The van der Waals surface area contributed by atoms with E-state index in [1.165, 1.54) is 12.1 Å². The first-order valence-corrected chi connectivity index (χ1v) is 10.3. The number of hydrogen-bond acceptors (Lipinski definition) is 4. The molecule has 1 heterocycles. The highest BCUT2D eigenvalue weighted by molar-refractivity contribution is 7.89. The third kappa shape index (κ3) is 6.52. The number of halogens is 2. The SMILES string of the molecule is CCCCCS(=O)(=O)N1CCN(Cc2ccc(OC(F)F)cc2)CC1. The highest BCUT2D eigenvalue weighted by Crippen LogP contribution is 2.17. The highest BCUT2D eigenvalue weighted by Gasteiger charge is 2.26. The maximum absolute atomic E-state index is 12.3. The Morgan fingerprint density at radius 1 is 1.08 bits per heavy atom. The van der Waals surface area contributed by atoms with Crippen LogP contribution >= 0.6 is 0 Å². The topological polar surface area (TPSA) is 49.9 Å². The third-order valence-electron chi connectivity index (χ3n) is 4.29. The van der Waals surface area contributed by atoms with Gasteiger partial charge in [0.1, 0.15) is 5.75 Å². The number of sulfonamides is 1. The largest absolute Gasteiger partial charge is 0.435 e. The van der Waals surface area contributed by atoms with Gasteiger partial charge in [0.05, 0.1) is 5.75 Å². The van der Waals surface area contributed by atoms with Gasteiger partial charge in [-0.2, -0.15) is 13.1 Å². The van der Waals surface area contributed by atoms with Crippen LogP contribution in [-0.2, 0) is 16.6 Å². The summed E-state index contributed by atoms with van der Waals surface area (Å²) in [6, 6.07) is 6.56. The standard InChI is InChI=1S/C17H26F2N2O3S/c1-2-3-4-13-25(22,23)21-11-9-20(10-12-21)14-15-5-7-16(8-6-15)24-17(18)19/h5-8,17H,2-4,9-14H2,1H3. The molecule has 1 fully saturated rings. The minimum atomic E-state index is -3.15. The van der Waals surface area contributed by atoms with Crippen molar-refractivity contribution in [2.24, 2.45) is 0 Å². The van der Waals surface area contributed by atoms with Gasteiger partial charge in [-0.1, -0.05) is 31.9 Å². The molecule has 0 unspecified atom stereocenters. The average molecular weight is 376 g/mol. The van der Waals surface area contributed by atoms with Gasteiger partial charge in [-0.25, -0.2) is 8.42 Å². The molecule has 0 bridgehead atoms. The van der Waals surface area contributed by atoms with Gasteiger partial charge in [0.25, 0.3) is 0 Å². The second kappa shape index (κ2) is 9.45. The summed E-state index contributed by atoms with van der Waals surface area (Å²) in [6.07, 6.45) is 2.65. The molecule has 1 aliphatic heterocycles. The molecule has 25 heavy (non-hydrogen) atoms. The Morgan fingerprint density at radius 2 is 1.72 bits per heavy atom. The minimum absolute atomic E-state index is 0.141. The summed E-state index contributed by atoms with van der Waals surface area (Å²) in [4.78, 5) is 2.17. The molecule has 0 amide bonds. The first-order valence-electron chi connectivity index (χ1n) is 8.64. The lowest BCUT2D eigenvalue weighted by Crippen LogP contribution is -2.48. The molecular weight excluding hydrogens is 350 g/mol. The van der Waals surface area contributed by atoms with Crippen molar-refractivity contribution in [3.63, 3.8) is 0 Å². The number of rotatable bonds is 9. The van der Waals surface area contributed by atoms with Gasteiger partial charge in [-0.15, -0.1) is 0 Å². The van der Waals surface area contributed by atoms with Crippen LogP contribution in [0.25, 0.3) is 0 Å². The molecule has 0 saturated carbocycles. The summed E-state index contributed by atoms with van der Waals surface area (Å²) in [6.45, 7) is 2.24. The van der Waals surface area contributed by atoms with Crippen LogP contribution in [0.2, 0.25) is 0 Å². The van der Waals surface area contributed by atoms with Gasteiger partial charge >= 0.3 is 6.61 Å². The fourth-order valence-electron chi connectivity index (χ4n) is 2.86. The number of ether oxygens (including phenoxy) is 1. The molecule has 0 atom stereocenters. The number of hydrogen-bond donors (Lipinski definition) is 0. The fourth-order valence-corrected chi connectivity index (χ4v) is 4.41. The molecule has 0 spiro atoms. The number of piperazine rings is 1. The molecule has 2 rings (SSSR count). The Morgan fingerprint density at radius 3 is 2.28 bits per heavy atom. The lowest BCUT2D eigenvalue weighted by Gasteiger charge is -2.34. The average Bonchev–Trinajstić information content (AvgIpc) is 2.57. The van der Waals surface area contributed by atoms with E-state index in [4.69, 9.17) is 0 Å². The first-order chi connectivity index (χ1) is 11.9. The van der Waals surface area contributed by atoms with E-state index in [-0.39, 0.29) is 11.5 Å². The maximum atomic E-state index is 12.3. The van der Waals surface area contributed by atoms with E-state index in [0.717, 1.165) is 18.4 Å². The zero-order valence-electron chi connectivity index (χ0n) is 14.5. The predicted molar refractivity (Wildman–Crippen MR) is 93.2 cm³/mol. The molecule has 1 aliphatic rings. The van der Waals surface area contributed by atoms with E-state index < -0.39 is 16.6 Å². The summed E-state index contributed by atoms with van der Waals surface area (Å²) in [7, 11) is -3.15. The predicted octanol–water partition coefficient (Wildman–Crippen LogP) is 2.93. The van der Waals surface area contributed by atoms with Crippen LogP contribution in [0.5, 0.6) is 5.75 Å². The van der Waals surface area contributed by atoms with Crippen LogP contribution in [0, 0.1) is 0 Å². The normalized spacial score (nSPS) is 17.1. The van der Waals surface area contributed by atoms with E-state index in [9.17, 15) is 17.2 Å². The van der Waals surface area contributed by atoms with Crippen molar-refractivity contribution in [1.82, 2.24) is 9.21 Å². The van der Waals surface area contributed by atoms with Crippen molar-refractivity contribution < 1.29 is 21.9 Å². The lowest BCUT2D eigenvalue weighted by atomic mass is 10.2. The van der Waals surface area contributed by atoms with Crippen molar-refractivity contribution in [3.8, 4) is 5.75 Å². The summed E-state index contributed by atoms with van der Waals surface area (Å²) in [5.74, 6) is 0.369. The molecule has 0 N–H and O–H groups in total. The summed E-state index contributed by atoms with van der Waals surface area (Å²) < 4.78 is 54.8. The van der Waals surface area contributed by atoms with Crippen LogP contribution in [0.15, 0.2) is 24.3 Å². The molecule has 142 valence electrons. The summed E-state index contributed by atoms with van der Waals surface area (Å²) >= 11 is 0. The van der Waals surface area contributed by atoms with Crippen LogP contribution in [0.4, 0.5) is 8.78 Å². The molecule has 1 saturated heterocycles. The van der Waals surface area contributed by atoms with Crippen LogP contribution in [0.1, 0.15) is 31.7 Å². The van der Waals surface area contributed by atoms with Crippen molar-refractivity contribution in [2.45, 2.75) is 39.3 Å². The van der Waals surface area contributed by atoms with Gasteiger partial charge in [-0.05, 0) is 24.1 Å². The third-order valence-corrected chi connectivity index (χ3v) is 6.24. The van der Waals surface area contributed by atoms with E-state index >= 15 is 0 Å². The Bertz CT molecular complexity index is 615. The molecule has 5 nitrogen and oxygen atoms in total. The number of unbranched alkanes of at least 4 members (excludes halogenated alkanes) is 2. The smallest absolute Gasteiger partial charge is 0.387 e. The zero-order chi connectivity index (χ0) is 18.3. The van der Waals surface area contributed by atoms with Gasteiger partial charge in [0.2, 0.25) is 10.0 Å². The van der Waals surface area contributed by atoms with Crippen LogP contribution < -0.4 is 4.74 Å². The summed E-state index contributed by atoms with van der Waals surface area (Å²) in [5.41, 5.74) is 0.987. The van der Waals surface area contributed by atoms with Crippen molar-refractivity contribution in [1.29, 1.82) is 0 Å². The van der Waals surface area contributed by atoms with E-state index in [1.807, 2.05) is 0 Å². The number of alkyl halides is 2. The van der Waals surface area contributed by atoms with Gasteiger partial charge in [0, 0.05) is 32.7 Å². The van der Waals surface area contributed by atoms with E-state index in [1.54, 1.807) is 16.4 Å². The molecule has 1 aromatic rings. The quantitative estimate of drug-likeness (QED) is 0.622. The second-order valence-electron chi connectivity index (χ2n) is 6.22. The van der Waals surface area contributed by atoms with Crippen molar-refractivity contribution >= 4 is 10.0 Å².